The van der Waals surface area contributed by atoms with Gasteiger partial charge in [-0.25, -0.2) is 0 Å². The summed E-state index contributed by atoms with van der Waals surface area (Å²) in [5.41, 5.74) is 0.765. The molecule has 0 aliphatic carbocycles. The number of rotatable bonds is 8. The second-order valence-corrected chi connectivity index (χ2v) is 6.47. The number of carbonyl (C=O) groups excluding carboxylic acids is 2. The molecule has 4 nitrogen and oxygen atoms in total. The van der Waals surface area contributed by atoms with Gasteiger partial charge in [-0.1, -0.05) is 6.92 Å². The highest BCUT2D eigenvalue weighted by Gasteiger charge is 2.13. The van der Waals surface area contributed by atoms with Crippen LogP contribution in [0.15, 0.2) is 6.07 Å². The van der Waals surface area contributed by atoms with Crippen LogP contribution in [0.2, 0.25) is 0 Å². The van der Waals surface area contributed by atoms with Crippen molar-refractivity contribution in [2.24, 2.45) is 0 Å². The number of nitrogens with one attached hydrogen (secondary N) is 2. The first-order valence-corrected chi connectivity index (χ1v) is 7.86. The lowest BCUT2D eigenvalue weighted by Crippen LogP contribution is -2.38. The van der Waals surface area contributed by atoms with Gasteiger partial charge in [0, 0.05) is 40.7 Å². The lowest BCUT2D eigenvalue weighted by atomic mass is 10.1. The normalized spacial score (nSPS) is 12.2. The van der Waals surface area contributed by atoms with Crippen molar-refractivity contribution in [3.8, 4) is 0 Å². The maximum absolute atomic E-state index is 12.0. The Kier molecular flexibility index (Phi) is 6.88. The molecular weight excluding hydrogens is 272 g/mol. The number of amides is 1. The Labute approximate surface area is 125 Å². The summed E-state index contributed by atoms with van der Waals surface area (Å²) in [6, 6.07) is 2.16. The van der Waals surface area contributed by atoms with Crippen molar-refractivity contribution in [1.29, 1.82) is 0 Å². The molecule has 112 valence electrons. The van der Waals surface area contributed by atoms with E-state index in [1.54, 1.807) is 11.3 Å². The summed E-state index contributed by atoms with van der Waals surface area (Å²) in [6.07, 6.45) is 0.532. The Hall–Kier alpha value is -1.20. The van der Waals surface area contributed by atoms with Crippen molar-refractivity contribution in [3.05, 3.63) is 21.4 Å². The van der Waals surface area contributed by atoms with Gasteiger partial charge >= 0.3 is 0 Å². The SMILES string of the molecule is CCN[C@H](C)CNC(=O)CCC(=O)c1cc(C)sc1C. The molecule has 0 fully saturated rings. The molecule has 1 aromatic heterocycles. The van der Waals surface area contributed by atoms with Crippen molar-refractivity contribution in [2.75, 3.05) is 13.1 Å². The number of likely N-dealkylation sites (N-methyl/N-ethyl adjacent to an activating group) is 1. The van der Waals surface area contributed by atoms with Gasteiger partial charge in [0.05, 0.1) is 0 Å². The fraction of sp³-hybridized carbons (Fsp3) is 0.600. The van der Waals surface area contributed by atoms with Crippen LogP contribution in [-0.2, 0) is 4.79 Å². The number of thiophene rings is 1. The minimum Gasteiger partial charge on any atom is -0.355 e. The molecule has 0 bridgehead atoms. The Morgan fingerprint density at radius 3 is 2.55 bits per heavy atom. The second-order valence-electron chi connectivity index (χ2n) is 5.01. The van der Waals surface area contributed by atoms with E-state index in [0.29, 0.717) is 6.54 Å². The molecule has 0 unspecified atom stereocenters. The van der Waals surface area contributed by atoms with Crippen LogP contribution in [0, 0.1) is 13.8 Å². The number of carbonyl (C=O) groups is 2. The van der Waals surface area contributed by atoms with E-state index < -0.39 is 0 Å². The first-order chi connectivity index (χ1) is 9.43. The first-order valence-electron chi connectivity index (χ1n) is 7.04. The summed E-state index contributed by atoms with van der Waals surface area (Å²) in [4.78, 5) is 25.9. The number of hydrogen-bond acceptors (Lipinski definition) is 4. The molecule has 1 amide bonds. The van der Waals surface area contributed by atoms with Crippen LogP contribution in [0.1, 0.15) is 46.8 Å². The summed E-state index contributed by atoms with van der Waals surface area (Å²) >= 11 is 1.62. The molecule has 1 atom stereocenters. The van der Waals surface area contributed by atoms with Crippen LogP contribution in [0.3, 0.4) is 0 Å². The lowest BCUT2D eigenvalue weighted by Gasteiger charge is -2.12. The zero-order chi connectivity index (χ0) is 15.1. The van der Waals surface area contributed by atoms with Crippen LogP contribution in [0.4, 0.5) is 0 Å². The van der Waals surface area contributed by atoms with E-state index in [0.717, 1.165) is 21.9 Å². The minimum absolute atomic E-state index is 0.0572. The standard InChI is InChI=1S/C15H24N2O2S/c1-5-16-10(2)9-17-15(19)7-6-14(18)13-8-11(3)20-12(13)4/h8,10,16H,5-7,9H2,1-4H3,(H,17,19)/t10-/m1/s1. The number of hydrogen-bond donors (Lipinski definition) is 2. The molecule has 2 N–H and O–H groups in total. The maximum atomic E-state index is 12.0. The van der Waals surface area contributed by atoms with Crippen LogP contribution < -0.4 is 10.6 Å². The van der Waals surface area contributed by atoms with Gasteiger partial charge in [-0.05, 0) is 33.4 Å². The minimum atomic E-state index is -0.0623. The Bertz CT molecular complexity index is 468. The molecule has 1 heterocycles. The predicted octanol–water partition coefficient (Wildman–Crippen LogP) is 2.44. The molecule has 0 aliphatic heterocycles. The predicted molar refractivity (Wildman–Crippen MR) is 83.5 cm³/mol. The highest BCUT2D eigenvalue weighted by molar-refractivity contribution is 7.12. The monoisotopic (exact) mass is 296 g/mol. The zero-order valence-corrected chi connectivity index (χ0v) is 13.5. The molecule has 0 saturated heterocycles. The number of aryl methyl sites for hydroxylation is 2. The molecule has 0 aromatic carbocycles. The molecule has 1 rings (SSSR count). The van der Waals surface area contributed by atoms with Crippen molar-refractivity contribution >= 4 is 23.0 Å². The molecule has 0 spiro atoms. The van der Waals surface area contributed by atoms with Crippen LogP contribution in [-0.4, -0.2) is 30.8 Å². The number of Topliss-reactive ketones (excluding diaryl/α,β-unsaturated/α-hetero) is 1. The highest BCUT2D eigenvalue weighted by Crippen LogP contribution is 2.22. The van der Waals surface area contributed by atoms with E-state index in [-0.39, 0.29) is 30.6 Å². The summed E-state index contributed by atoms with van der Waals surface area (Å²) in [7, 11) is 0. The Morgan fingerprint density at radius 1 is 1.30 bits per heavy atom. The molecule has 20 heavy (non-hydrogen) atoms. The quantitative estimate of drug-likeness (QED) is 0.724. The van der Waals surface area contributed by atoms with Gasteiger partial charge in [-0.2, -0.15) is 0 Å². The molecular formula is C15H24N2O2S. The third kappa shape index (κ3) is 5.43. The van der Waals surface area contributed by atoms with Crippen molar-refractivity contribution < 1.29 is 9.59 Å². The maximum Gasteiger partial charge on any atom is 0.220 e. The van der Waals surface area contributed by atoms with Crippen molar-refractivity contribution in [3.63, 3.8) is 0 Å². The topological polar surface area (TPSA) is 58.2 Å². The first kappa shape index (κ1) is 16.9. The van der Waals surface area contributed by atoms with E-state index in [1.807, 2.05) is 33.8 Å². The summed E-state index contributed by atoms with van der Waals surface area (Å²) in [6.45, 7) is 9.46. The van der Waals surface area contributed by atoms with Gasteiger partial charge < -0.3 is 10.6 Å². The van der Waals surface area contributed by atoms with Crippen LogP contribution >= 0.6 is 11.3 Å². The average molecular weight is 296 g/mol. The molecule has 5 heteroatoms. The van der Waals surface area contributed by atoms with Crippen LogP contribution in [0.25, 0.3) is 0 Å². The fourth-order valence-corrected chi connectivity index (χ4v) is 2.99. The largest absolute Gasteiger partial charge is 0.355 e. The van der Waals surface area contributed by atoms with Crippen LogP contribution in [0.5, 0.6) is 0 Å². The smallest absolute Gasteiger partial charge is 0.220 e. The lowest BCUT2D eigenvalue weighted by molar-refractivity contribution is -0.121. The Balaban J connectivity index is 2.34. The Morgan fingerprint density at radius 2 is 2.00 bits per heavy atom. The van der Waals surface area contributed by atoms with Crippen molar-refractivity contribution in [2.45, 2.75) is 46.6 Å². The molecule has 0 aliphatic rings. The fourth-order valence-electron chi connectivity index (χ4n) is 2.05. The highest BCUT2D eigenvalue weighted by atomic mass is 32.1. The molecule has 1 aromatic rings. The van der Waals surface area contributed by atoms with Gasteiger partial charge in [0.2, 0.25) is 5.91 Å². The van der Waals surface area contributed by atoms with Gasteiger partial charge in [-0.3, -0.25) is 9.59 Å². The van der Waals surface area contributed by atoms with E-state index >= 15 is 0 Å². The van der Waals surface area contributed by atoms with Gasteiger partial charge in [-0.15, -0.1) is 11.3 Å². The van der Waals surface area contributed by atoms with Gasteiger partial charge in [0.1, 0.15) is 0 Å². The molecule has 0 radical (unpaired) electrons. The summed E-state index contributed by atoms with van der Waals surface area (Å²) in [5.74, 6) is -0.00515. The average Bonchev–Trinajstić information content (AvgIpc) is 2.73. The third-order valence-electron chi connectivity index (χ3n) is 3.08. The van der Waals surface area contributed by atoms with E-state index in [1.165, 1.54) is 0 Å². The van der Waals surface area contributed by atoms with Crippen molar-refractivity contribution in [1.82, 2.24) is 10.6 Å². The van der Waals surface area contributed by atoms with E-state index in [4.69, 9.17) is 0 Å². The summed E-state index contributed by atoms with van der Waals surface area (Å²) in [5, 5.41) is 6.06. The summed E-state index contributed by atoms with van der Waals surface area (Å²) < 4.78 is 0. The van der Waals surface area contributed by atoms with Gasteiger partial charge in [0.15, 0.2) is 5.78 Å². The third-order valence-corrected chi connectivity index (χ3v) is 4.04. The second kappa shape index (κ2) is 8.17. The van der Waals surface area contributed by atoms with E-state index in [9.17, 15) is 9.59 Å². The van der Waals surface area contributed by atoms with Gasteiger partial charge in [0.25, 0.3) is 0 Å². The molecule has 0 saturated carbocycles. The zero-order valence-electron chi connectivity index (χ0n) is 12.7. The number of ketones is 1. The van der Waals surface area contributed by atoms with E-state index in [2.05, 4.69) is 10.6 Å².